The minimum atomic E-state index is -0.533. The molecule has 0 aliphatic rings. The van der Waals surface area contributed by atoms with Gasteiger partial charge in [0.15, 0.2) is 0 Å². The summed E-state index contributed by atoms with van der Waals surface area (Å²) in [5, 5.41) is 0.438. The van der Waals surface area contributed by atoms with Crippen LogP contribution in [0.2, 0.25) is 0 Å². The van der Waals surface area contributed by atoms with Crippen molar-refractivity contribution < 1.29 is 4.74 Å². The van der Waals surface area contributed by atoms with Crippen LogP contribution in [0, 0.1) is 13.8 Å². The lowest BCUT2D eigenvalue weighted by Gasteiger charge is -2.06. The Morgan fingerprint density at radius 3 is 2.35 bits per heavy atom. The van der Waals surface area contributed by atoms with E-state index in [4.69, 9.17) is 4.74 Å². The zero-order valence-electron chi connectivity index (χ0n) is 14.5. The van der Waals surface area contributed by atoms with Gasteiger partial charge in [0.2, 0.25) is 0 Å². The van der Waals surface area contributed by atoms with Gasteiger partial charge < -0.3 is 9.72 Å². The second-order valence-corrected chi connectivity index (χ2v) is 7.55. The third kappa shape index (κ3) is 2.57. The van der Waals surface area contributed by atoms with Crippen molar-refractivity contribution in [2.45, 2.75) is 13.8 Å². The molecular weight excluding hydrogens is 350 g/mol. The highest BCUT2D eigenvalue weighted by Gasteiger charge is 2.20. The molecule has 0 amide bonds. The van der Waals surface area contributed by atoms with Gasteiger partial charge in [-0.1, -0.05) is 12.1 Å². The van der Waals surface area contributed by atoms with E-state index in [2.05, 4.69) is 21.0 Å². The minimum Gasteiger partial charge on any atom is -0.497 e. The van der Waals surface area contributed by atoms with Gasteiger partial charge in [0.1, 0.15) is 11.4 Å². The van der Waals surface area contributed by atoms with Crippen molar-refractivity contribution >= 4 is 22.4 Å². The average Bonchev–Trinajstić information content (AvgIpc) is 3.14. The summed E-state index contributed by atoms with van der Waals surface area (Å²) in [6.07, 6.45) is 0. The molecule has 0 bridgehead atoms. The van der Waals surface area contributed by atoms with Gasteiger partial charge in [-0.25, -0.2) is 4.79 Å². The topological polar surface area (TPSA) is 90.7 Å². The molecule has 0 saturated carbocycles. The van der Waals surface area contributed by atoms with Gasteiger partial charge >= 0.3 is 5.69 Å². The Morgan fingerprint density at radius 2 is 1.73 bits per heavy atom. The number of thiophene rings is 1. The molecule has 0 saturated heterocycles. The summed E-state index contributed by atoms with van der Waals surface area (Å²) in [6, 6.07) is 9.60. The predicted molar refractivity (Wildman–Crippen MR) is 104 cm³/mol. The van der Waals surface area contributed by atoms with E-state index < -0.39 is 11.2 Å². The fourth-order valence-electron chi connectivity index (χ4n) is 3.26. The Bertz CT molecular complexity index is 1230. The van der Waals surface area contributed by atoms with Crippen LogP contribution >= 0.6 is 11.3 Å². The van der Waals surface area contributed by atoms with Crippen LogP contribution in [-0.4, -0.2) is 22.1 Å². The molecule has 0 radical (unpaired) electrons. The number of hydrogen-bond donors (Lipinski definition) is 3. The van der Waals surface area contributed by atoms with Crippen molar-refractivity contribution in [3.8, 4) is 28.1 Å². The molecule has 3 N–H and O–H groups in total. The standard InChI is InChI=1S/C19H17N3O3S/c1-9-8-13(10(2)26-9)16-14(11-4-6-12(25-3)7-5-11)15-17(20-16)21-19(24)22-18(15)23/h4-8H,1-3H3,(H3,20,21,22,23,24). The fraction of sp³-hybridized carbons (Fsp3) is 0.158. The van der Waals surface area contributed by atoms with E-state index in [1.807, 2.05) is 38.1 Å². The van der Waals surface area contributed by atoms with E-state index in [9.17, 15) is 9.59 Å². The fourth-order valence-corrected chi connectivity index (χ4v) is 4.19. The smallest absolute Gasteiger partial charge is 0.327 e. The Morgan fingerprint density at radius 1 is 1.00 bits per heavy atom. The Labute approximate surface area is 152 Å². The van der Waals surface area contributed by atoms with Gasteiger partial charge in [0.25, 0.3) is 5.56 Å². The maximum absolute atomic E-state index is 12.5. The number of aromatic amines is 3. The minimum absolute atomic E-state index is 0.415. The van der Waals surface area contributed by atoms with Crippen LogP contribution in [0.1, 0.15) is 9.75 Å². The SMILES string of the molecule is COc1ccc(-c2c(-c3cc(C)sc3C)[nH]c3[nH]c(=O)[nH]c(=O)c23)cc1. The van der Waals surface area contributed by atoms with E-state index in [1.54, 1.807) is 18.4 Å². The number of aryl methyl sites for hydroxylation is 2. The quantitative estimate of drug-likeness (QED) is 0.517. The van der Waals surface area contributed by atoms with Crippen molar-refractivity contribution in [3.63, 3.8) is 0 Å². The van der Waals surface area contributed by atoms with E-state index >= 15 is 0 Å². The molecule has 0 atom stereocenters. The van der Waals surface area contributed by atoms with Crippen molar-refractivity contribution in [2.75, 3.05) is 7.11 Å². The summed E-state index contributed by atoms with van der Waals surface area (Å²) in [7, 11) is 1.61. The summed E-state index contributed by atoms with van der Waals surface area (Å²) in [5.41, 5.74) is 2.95. The number of aromatic nitrogens is 3. The predicted octanol–water partition coefficient (Wildman–Crippen LogP) is 3.57. The van der Waals surface area contributed by atoms with E-state index in [0.29, 0.717) is 11.0 Å². The lowest BCUT2D eigenvalue weighted by molar-refractivity contribution is 0.415. The van der Waals surface area contributed by atoms with Crippen molar-refractivity contribution in [1.29, 1.82) is 0 Å². The number of hydrogen-bond acceptors (Lipinski definition) is 4. The van der Waals surface area contributed by atoms with Crippen LogP contribution in [0.3, 0.4) is 0 Å². The first-order chi connectivity index (χ1) is 12.5. The molecule has 3 heterocycles. The molecule has 0 fully saturated rings. The van der Waals surface area contributed by atoms with Gasteiger partial charge in [-0.3, -0.25) is 14.8 Å². The monoisotopic (exact) mass is 367 g/mol. The van der Waals surface area contributed by atoms with Gasteiger partial charge in [-0.05, 0) is 37.6 Å². The molecule has 6 nitrogen and oxygen atoms in total. The van der Waals surface area contributed by atoms with E-state index in [-0.39, 0.29) is 0 Å². The lowest BCUT2D eigenvalue weighted by atomic mass is 9.99. The average molecular weight is 367 g/mol. The molecule has 0 spiro atoms. The van der Waals surface area contributed by atoms with Gasteiger partial charge in [-0.15, -0.1) is 11.3 Å². The van der Waals surface area contributed by atoms with Crippen LogP contribution in [0.5, 0.6) is 5.75 Å². The van der Waals surface area contributed by atoms with Gasteiger partial charge in [0, 0.05) is 20.9 Å². The van der Waals surface area contributed by atoms with E-state index in [1.165, 1.54) is 4.88 Å². The Hall–Kier alpha value is -3.06. The maximum atomic E-state index is 12.5. The number of nitrogens with one attached hydrogen (secondary N) is 3. The van der Waals surface area contributed by atoms with Crippen LogP contribution in [0.4, 0.5) is 0 Å². The summed E-state index contributed by atoms with van der Waals surface area (Å²) in [6.45, 7) is 4.09. The summed E-state index contributed by atoms with van der Waals surface area (Å²) in [4.78, 5) is 34.8. The second kappa shape index (κ2) is 6.03. The Kier molecular flexibility index (Phi) is 3.81. The second-order valence-electron chi connectivity index (χ2n) is 6.09. The normalized spacial score (nSPS) is 11.2. The molecule has 4 rings (SSSR count). The van der Waals surface area contributed by atoms with Crippen LogP contribution in [0.25, 0.3) is 33.4 Å². The third-order valence-corrected chi connectivity index (χ3v) is 5.35. The van der Waals surface area contributed by atoms with Gasteiger partial charge in [0.05, 0.1) is 18.2 Å². The molecule has 3 aromatic heterocycles. The highest BCUT2D eigenvalue weighted by Crippen LogP contribution is 2.40. The highest BCUT2D eigenvalue weighted by molar-refractivity contribution is 7.12. The lowest BCUT2D eigenvalue weighted by Crippen LogP contribution is -2.21. The number of benzene rings is 1. The number of methoxy groups -OCH3 is 1. The highest BCUT2D eigenvalue weighted by atomic mass is 32.1. The zero-order valence-corrected chi connectivity index (χ0v) is 15.3. The molecule has 0 unspecified atom stereocenters. The molecule has 26 heavy (non-hydrogen) atoms. The maximum Gasteiger partial charge on any atom is 0.327 e. The first kappa shape index (κ1) is 16.4. The third-order valence-electron chi connectivity index (χ3n) is 4.38. The molecule has 0 aliphatic carbocycles. The molecular formula is C19H17N3O3S. The molecule has 1 aromatic carbocycles. The first-order valence-electron chi connectivity index (χ1n) is 8.08. The van der Waals surface area contributed by atoms with Crippen LogP contribution < -0.4 is 16.0 Å². The number of rotatable bonds is 3. The van der Waals surface area contributed by atoms with Crippen molar-refractivity contribution in [3.05, 3.63) is 60.9 Å². The first-order valence-corrected chi connectivity index (χ1v) is 8.89. The van der Waals surface area contributed by atoms with Crippen molar-refractivity contribution in [1.82, 2.24) is 15.0 Å². The summed E-state index contributed by atoms with van der Waals surface area (Å²) >= 11 is 1.69. The van der Waals surface area contributed by atoms with Gasteiger partial charge in [-0.2, -0.15) is 0 Å². The molecule has 132 valence electrons. The largest absolute Gasteiger partial charge is 0.497 e. The molecule has 0 aliphatic heterocycles. The summed E-state index contributed by atoms with van der Waals surface area (Å²) < 4.78 is 5.23. The summed E-state index contributed by atoms with van der Waals surface area (Å²) in [5.74, 6) is 0.736. The van der Waals surface area contributed by atoms with Crippen molar-refractivity contribution in [2.24, 2.45) is 0 Å². The Balaban J connectivity index is 2.10. The number of ether oxygens (including phenoxy) is 1. The number of H-pyrrole nitrogens is 3. The van der Waals surface area contributed by atoms with E-state index in [0.717, 1.165) is 33.0 Å². The van der Waals surface area contributed by atoms with Crippen LogP contribution in [-0.2, 0) is 0 Å². The number of fused-ring (bicyclic) bond motifs is 1. The van der Waals surface area contributed by atoms with Crippen LogP contribution in [0.15, 0.2) is 39.9 Å². The molecule has 4 aromatic rings. The zero-order chi connectivity index (χ0) is 18.4. The molecule has 7 heteroatoms.